The standard InChI is InChI=1S/C13H15Cl2NO2/c1-7-2-11(7)13(18)16-6-12(17)8-3-9(14)5-10(15)4-8/h3-5,7,11-12,17H,2,6H2,1H3,(H,16,18)/t7-,11+,12-/m1/s1. The minimum absolute atomic E-state index is 0.00896. The topological polar surface area (TPSA) is 49.3 Å². The lowest BCUT2D eigenvalue weighted by atomic mass is 10.1. The Morgan fingerprint density at radius 2 is 2.00 bits per heavy atom. The molecule has 1 fully saturated rings. The van der Waals surface area contributed by atoms with Crippen LogP contribution in [0.25, 0.3) is 0 Å². The summed E-state index contributed by atoms with van der Waals surface area (Å²) in [5, 5.41) is 13.6. The first-order valence-electron chi connectivity index (χ1n) is 5.89. The lowest BCUT2D eigenvalue weighted by Crippen LogP contribution is -2.30. The molecule has 3 nitrogen and oxygen atoms in total. The molecule has 0 bridgehead atoms. The molecule has 2 rings (SSSR count). The second-order valence-corrected chi connectivity index (χ2v) is 5.66. The van der Waals surface area contributed by atoms with Crippen molar-refractivity contribution in [1.82, 2.24) is 5.32 Å². The molecule has 0 aromatic heterocycles. The third-order valence-electron chi connectivity index (χ3n) is 3.19. The van der Waals surface area contributed by atoms with Crippen LogP contribution in [0.3, 0.4) is 0 Å². The molecule has 1 amide bonds. The highest BCUT2D eigenvalue weighted by molar-refractivity contribution is 6.34. The SMILES string of the molecule is C[C@@H]1C[C@@H]1C(=O)NC[C@@H](O)c1cc(Cl)cc(Cl)c1. The number of benzene rings is 1. The summed E-state index contributed by atoms with van der Waals surface area (Å²) in [6.45, 7) is 2.22. The van der Waals surface area contributed by atoms with Crippen molar-refractivity contribution in [2.75, 3.05) is 6.54 Å². The second kappa shape index (κ2) is 5.47. The Morgan fingerprint density at radius 3 is 2.50 bits per heavy atom. The van der Waals surface area contributed by atoms with Crippen LogP contribution in [0.2, 0.25) is 10.0 Å². The van der Waals surface area contributed by atoms with Crippen molar-refractivity contribution >= 4 is 29.1 Å². The number of hydrogen-bond donors (Lipinski definition) is 2. The number of halogens is 2. The third-order valence-corrected chi connectivity index (χ3v) is 3.62. The fourth-order valence-corrected chi connectivity index (χ4v) is 2.44. The summed E-state index contributed by atoms with van der Waals surface area (Å²) < 4.78 is 0. The number of carbonyl (C=O) groups is 1. The van der Waals surface area contributed by atoms with Gasteiger partial charge in [0.25, 0.3) is 0 Å². The van der Waals surface area contributed by atoms with Crippen molar-refractivity contribution in [2.24, 2.45) is 11.8 Å². The molecule has 3 atom stereocenters. The summed E-state index contributed by atoms with van der Waals surface area (Å²) in [7, 11) is 0. The van der Waals surface area contributed by atoms with E-state index in [2.05, 4.69) is 5.32 Å². The molecule has 1 aromatic rings. The van der Waals surface area contributed by atoms with Crippen LogP contribution in [-0.2, 0) is 4.79 Å². The molecule has 0 radical (unpaired) electrons. The van der Waals surface area contributed by atoms with Crippen molar-refractivity contribution in [3.05, 3.63) is 33.8 Å². The smallest absolute Gasteiger partial charge is 0.223 e. The van der Waals surface area contributed by atoms with E-state index in [1.54, 1.807) is 18.2 Å². The molecule has 18 heavy (non-hydrogen) atoms. The number of carbonyl (C=O) groups excluding carboxylic acids is 1. The first-order valence-corrected chi connectivity index (χ1v) is 6.64. The lowest BCUT2D eigenvalue weighted by molar-refractivity contribution is -0.123. The molecule has 5 heteroatoms. The Balaban J connectivity index is 1.91. The number of aliphatic hydroxyl groups is 1. The predicted molar refractivity (Wildman–Crippen MR) is 71.7 cm³/mol. The van der Waals surface area contributed by atoms with Crippen LogP contribution in [0.15, 0.2) is 18.2 Å². The zero-order valence-corrected chi connectivity index (χ0v) is 11.5. The molecule has 0 aliphatic heterocycles. The van der Waals surface area contributed by atoms with Crippen LogP contribution in [0.1, 0.15) is 25.0 Å². The Morgan fingerprint density at radius 1 is 1.44 bits per heavy atom. The minimum Gasteiger partial charge on any atom is -0.387 e. The van der Waals surface area contributed by atoms with Crippen molar-refractivity contribution in [3.8, 4) is 0 Å². The van der Waals surface area contributed by atoms with Crippen LogP contribution in [0.5, 0.6) is 0 Å². The molecule has 1 aliphatic carbocycles. The fourth-order valence-electron chi connectivity index (χ4n) is 1.90. The van der Waals surface area contributed by atoms with Crippen LogP contribution >= 0.6 is 23.2 Å². The van der Waals surface area contributed by atoms with Gasteiger partial charge in [0.15, 0.2) is 0 Å². The fraction of sp³-hybridized carbons (Fsp3) is 0.462. The van der Waals surface area contributed by atoms with E-state index in [0.29, 0.717) is 21.5 Å². The van der Waals surface area contributed by atoms with Crippen LogP contribution < -0.4 is 5.32 Å². The summed E-state index contributed by atoms with van der Waals surface area (Å²) in [5.74, 6) is 0.581. The first kappa shape index (κ1) is 13.7. The highest BCUT2D eigenvalue weighted by atomic mass is 35.5. The molecule has 2 N–H and O–H groups in total. The van der Waals surface area contributed by atoms with Gasteiger partial charge in [-0.1, -0.05) is 30.1 Å². The van der Waals surface area contributed by atoms with Gasteiger partial charge in [0.2, 0.25) is 5.91 Å². The van der Waals surface area contributed by atoms with Crippen molar-refractivity contribution < 1.29 is 9.90 Å². The average Bonchev–Trinajstić information content (AvgIpc) is 3.01. The first-order chi connectivity index (χ1) is 8.47. The summed E-state index contributed by atoms with van der Waals surface area (Å²) in [5.41, 5.74) is 0.608. The summed E-state index contributed by atoms with van der Waals surface area (Å²) in [6, 6.07) is 4.89. The van der Waals surface area contributed by atoms with E-state index in [-0.39, 0.29) is 18.4 Å². The largest absolute Gasteiger partial charge is 0.387 e. The number of amides is 1. The highest BCUT2D eigenvalue weighted by Gasteiger charge is 2.38. The zero-order valence-electron chi connectivity index (χ0n) is 9.99. The van der Waals surface area contributed by atoms with E-state index < -0.39 is 6.10 Å². The molecular weight excluding hydrogens is 273 g/mol. The predicted octanol–water partition coefficient (Wildman–Crippen LogP) is 2.80. The van der Waals surface area contributed by atoms with Crippen molar-refractivity contribution in [3.63, 3.8) is 0 Å². The molecule has 1 aromatic carbocycles. The number of hydrogen-bond acceptors (Lipinski definition) is 2. The van der Waals surface area contributed by atoms with Gasteiger partial charge in [0, 0.05) is 22.5 Å². The van der Waals surface area contributed by atoms with Gasteiger partial charge in [0.05, 0.1) is 6.10 Å². The van der Waals surface area contributed by atoms with E-state index in [1.165, 1.54) is 0 Å². The maximum atomic E-state index is 11.6. The van der Waals surface area contributed by atoms with E-state index >= 15 is 0 Å². The third kappa shape index (κ3) is 3.37. The Bertz CT molecular complexity index is 444. The summed E-state index contributed by atoms with van der Waals surface area (Å²) >= 11 is 11.7. The van der Waals surface area contributed by atoms with Gasteiger partial charge in [0.1, 0.15) is 0 Å². The van der Waals surface area contributed by atoms with Crippen molar-refractivity contribution in [2.45, 2.75) is 19.4 Å². The molecular formula is C13H15Cl2NO2. The van der Waals surface area contributed by atoms with Gasteiger partial charge in [-0.05, 0) is 36.1 Å². The van der Waals surface area contributed by atoms with E-state index in [4.69, 9.17) is 23.2 Å². The van der Waals surface area contributed by atoms with Gasteiger partial charge >= 0.3 is 0 Å². The van der Waals surface area contributed by atoms with Gasteiger partial charge in [-0.2, -0.15) is 0 Å². The number of nitrogens with one attached hydrogen (secondary N) is 1. The molecule has 98 valence electrons. The van der Waals surface area contributed by atoms with Gasteiger partial charge in [-0.3, -0.25) is 4.79 Å². The van der Waals surface area contributed by atoms with Crippen LogP contribution in [0.4, 0.5) is 0 Å². The minimum atomic E-state index is -0.792. The number of rotatable bonds is 4. The Labute approximate surface area is 116 Å². The molecule has 1 aliphatic rings. The summed E-state index contributed by atoms with van der Waals surface area (Å²) in [4.78, 5) is 11.6. The molecule has 0 spiro atoms. The monoisotopic (exact) mass is 287 g/mol. The molecule has 0 heterocycles. The maximum absolute atomic E-state index is 11.6. The van der Waals surface area contributed by atoms with Crippen LogP contribution in [-0.4, -0.2) is 17.6 Å². The van der Waals surface area contributed by atoms with Crippen LogP contribution in [0, 0.1) is 11.8 Å². The number of aliphatic hydroxyl groups excluding tert-OH is 1. The highest BCUT2D eigenvalue weighted by Crippen LogP contribution is 2.37. The maximum Gasteiger partial charge on any atom is 0.223 e. The lowest BCUT2D eigenvalue weighted by Gasteiger charge is -2.13. The van der Waals surface area contributed by atoms with Gasteiger partial charge < -0.3 is 10.4 Å². The van der Waals surface area contributed by atoms with Crippen molar-refractivity contribution in [1.29, 1.82) is 0 Å². The Hall–Kier alpha value is -0.770. The normalized spacial score (nSPS) is 23.6. The average molecular weight is 288 g/mol. The quantitative estimate of drug-likeness (QED) is 0.895. The van der Waals surface area contributed by atoms with Gasteiger partial charge in [-0.25, -0.2) is 0 Å². The molecule has 0 unspecified atom stereocenters. The molecule has 0 saturated heterocycles. The zero-order chi connectivity index (χ0) is 13.3. The second-order valence-electron chi connectivity index (χ2n) is 4.78. The van der Waals surface area contributed by atoms with Gasteiger partial charge in [-0.15, -0.1) is 0 Å². The Kier molecular flexibility index (Phi) is 4.15. The van der Waals surface area contributed by atoms with E-state index in [1.807, 2.05) is 6.92 Å². The van der Waals surface area contributed by atoms with E-state index in [9.17, 15) is 9.90 Å². The van der Waals surface area contributed by atoms with E-state index in [0.717, 1.165) is 6.42 Å². The summed E-state index contributed by atoms with van der Waals surface area (Å²) in [6.07, 6.45) is 0.143. The molecule has 1 saturated carbocycles.